The Morgan fingerprint density at radius 1 is 1.55 bits per heavy atom. The summed E-state index contributed by atoms with van der Waals surface area (Å²) in [6, 6.07) is 0. The number of nitrogens with zero attached hydrogens (tertiary/aromatic N) is 1. The van der Waals surface area contributed by atoms with Gasteiger partial charge < -0.3 is 10.8 Å². The summed E-state index contributed by atoms with van der Waals surface area (Å²) in [4.78, 5) is 3.93. The minimum atomic E-state index is -0.0354. The number of aliphatic hydroxyl groups excluding tert-OH is 1. The molecule has 0 aromatic carbocycles. The molecule has 1 heterocycles. The molecule has 0 bridgehead atoms. The molecule has 0 spiro atoms. The van der Waals surface area contributed by atoms with Crippen LogP contribution in [0.15, 0.2) is 6.20 Å². The quantitative estimate of drug-likeness (QED) is 0.625. The molecule has 60 valence electrons. The van der Waals surface area contributed by atoms with E-state index >= 15 is 0 Å². The summed E-state index contributed by atoms with van der Waals surface area (Å²) in [5, 5.41) is 8.90. The normalized spacial score (nSPS) is 10.1. The number of hydrogen-bond acceptors (Lipinski definition) is 3. The topological polar surface area (TPSA) is 59.1 Å². The maximum atomic E-state index is 8.90. The third kappa shape index (κ3) is 1.33. The predicted molar refractivity (Wildman–Crippen MR) is 44.0 cm³/mol. The second-order valence-electron chi connectivity index (χ2n) is 2.59. The zero-order valence-electron chi connectivity index (χ0n) is 6.76. The SMILES string of the molecule is Cc1cnc(N)c(CO)c1C. The minimum Gasteiger partial charge on any atom is -0.392 e. The van der Waals surface area contributed by atoms with Gasteiger partial charge in [0.2, 0.25) is 0 Å². The summed E-state index contributed by atoms with van der Waals surface area (Å²) < 4.78 is 0. The number of aliphatic hydroxyl groups is 1. The minimum absolute atomic E-state index is 0.0354. The highest BCUT2D eigenvalue weighted by Gasteiger charge is 2.04. The van der Waals surface area contributed by atoms with E-state index in [4.69, 9.17) is 10.8 Å². The van der Waals surface area contributed by atoms with E-state index in [1.54, 1.807) is 6.20 Å². The molecule has 0 fully saturated rings. The number of pyridine rings is 1. The first-order chi connectivity index (χ1) is 5.16. The molecule has 1 rings (SSSR count). The molecule has 0 amide bonds. The molecule has 3 heteroatoms. The van der Waals surface area contributed by atoms with Crippen molar-refractivity contribution in [2.75, 3.05) is 5.73 Å². The zero-order valence-corrected chi connectivity index (χ0v) is 6.76. The average Bonchev–Trinajstić information content (AvgIpc) is 1.99. The number of anilines is 1. The van der Waals surface area contributed by atoms with Gasteiger partial charge in [-0.25, -0.2) is 4.98 Å². The smallest absolute Gasteiger partial charge is 0.129 e. The number of nitrogen functional groups attached to an aromatic ring is 1. The van der Waals surface area contributed by atoms with Crippen LogP contribution in [-0.4, -0.2) is 10.1 Å². The van der Waals surface area contributed by atoms with Gasteiger partial charge in [-0.2, -0.15) is 0 Å². The van der Waals surface area contributed by atoms with E-state index in [-0.39, 0.29) is 6.61 Å². The molecule has 1 aromatic heterocycles. The molecule has 1 aromatic rings. The Morgan fingerprint density at radius 3 is 2.64 bits per heavy atom. The lowest BCUT2D eigenvalue weighted by atomic mass is 10.1. The van der Waals surface area contributed by atoms with Gasteiger partial charge >= 0.3 is 0 Å². The van der Waals surface area contributed by atoms with E-state index in [0.29, 0.717) is 5.82 Å². The van der Waals surface area contributed by atoms with Gasteiger partial charge in [0.1, 0.15) is 5.82 Å². The largest absolute Gasteiger partial charge is 0.392 e. The van der Waals surface area contributed by atoms with Crippen LogP contribution >= 0.6 is 0 Å². The van der Waals surface area contributed by atoms with Crippen molar-refractivity contribution in [3.05, 3.63) is 22.9 Å². The fraction of sp³-hybridized carbons (Fsp3) is 0.375. The summed E-state index contributed by atoms with van der Waals surface area (Å²) in [6.45, 7) is 3.84. The van der Waals surface area contributed by atoms with Gasteiger partial charge in [-0.05, 0) is 25.0 Å². The van der Waals surface area contributed by atoms with Gasteiger partial charge in [-0.3, -0.25) is 0 Å². The van der Waals surface area contributed by atoms with Crippen LogP contribution in [0.25, 0.3) is 0 Å². The monoisotopic (exact) mass is 152 g/mol. The fourth-order valence-corrected chi connectivity index (χ4v) is 0.971. The summed E-state index contributed by atoms with van der Waals surface area (Å²) in [7, 11) is 0. The van der Waals surface area contributed by atoms with E-state index in [9.17, 15) is 0 Å². The molecule has 0 unspecified atom stereocenters. The van der Waals surface area contributed by atoms with Crippen LogP contribution in [0.5, 0.6) is 0 Å². The highest BCUT2D eigenvalue weighted by Crippen LogP contribution is 2.16. The Morgan fingerprint density at radius 2 is 2.18 bits per heavy atom. The molecule has 0 saturated heterocycles. The predicted octanol–water partition coefficient (Wildman–Crippen LogP) is 0.773. The fourth-order valence-electron chi connectivity index (χ4n) is 0.971. The highest BCUT2D eigenvalue weighted by molar-refractivity contribution is 5.46. The highest BCUT2D eigenvalue weighted by atomic mass is 16.3. The van der Waals surface area contributed by atoms with Crippen molar-refractivity contribution in [2.45, 2.75) is 20.5 Å². The number of aromatic nitrogens is 1. The summed E-state index contributed by atoms with van der Waals surface area (Å²) >= 11 is 0. The average molecular weight is 152 g/mol. The van der Waals surface area contributed by atoms with Crippen molar-refractivity contribution < 1.29 is 5.11 Å². The van der Waals surface area contributed by atoms with E-state index < -0.39 is 0 Å². The molecule has 0 aliphatic heterocycles. The van der Waals surface area contributed by atoms with Crippen molar-refractivity contribution in [3.8, 4) is 0 Å². The molecule has 11 heavy (non-hydrogen) atoms. The molecule has 3 nitrogen and oxygen atoms in total. The van der Waals surface area contributed by atoms with E-state index in [1.165, 1.54) is 0 Å². The van der Waals surface area contributed by atoms with Crippen LogP contribution < -0.4 is 5.73 Å². The summed E-state index contributed by atoms with van der Waals surface area (Å²) in [6.07, 6.45) is 1.71. The van der Waals surface area contributed by atoms with Gasteiger partial charge in [0.25, 0.3) is 0 Å². The lowest BCUT2D eigenvalue weighted by Gasteiger charge is -2.07. The van der Waals surface area contributed by atoms with E-state index in [1.807, 2.05) is 13.8 Å². The zero-order chi connectivity index (χ0) is 8.43. The van der Waals surface area contributed by atoms with Gasteiger partial charge in [0, 0.05) is 11.8 Å². The summed E-state index contributed by atoms with van der Waals surface area (Å²) in [5.74, 6) is 0.426. The summed E-state index contributed by atoms with van der Waals surface area (Å²) in [5.41, 5.74) is 8.36. The van der Waals surface area contributed by atoms with Crippen molar-refractivity contribution >= 4 is 5.82 Å². The van der Waals surface area contributed by atoms with Gasteiger partial charge in [-0.1, -0.05) is 0 Å². The van der Waals surface area contributed by atoms with E-state index in [2.05, 4.69) is 4.98 Å². The Balaban J connectivity index is 3.29. The Bertz CT molecular complexity index is 271. The molecule has 0 aliphatic carbocycles. The van der Waals surface area contributed by atoms with Gasteiger partial charge in [-0.15, -0.1) is 0 Å². The second-order valence-corrected chi connectivity index (χ2v) is 2.59. The number of rotatable bonds is 1. The van der Waals surface area contributed by atoms with Crippen molar-refractivity contribution in [1.82, 2.24) is 4.98 Å². The van der Waals surface area contributed by atoms with Crippen LogP contribution in [0.4, 0.5) is 5.82 Å². The van der Waals surface area contributed by atoms with Crippen molar-refractivity contribution in [3.63, 3.8) is 0 Å². The van der Waals surface area contributed by atoms with E-state index in [0.717, 1.165) is 16.7 Å². The third-order valence-corrected chi connectivity index (χ3v) is 1.91. The second kappa shape index (κ2) is 2.88. The van der Waals surface area contributed by atoms with Crippen molar-refractivity contribution in [2.24, 2.45) is 0 Å². The van der Waals surface area contributed by atoms with Gasteiger partial charge in [0.15, 0.2) is 0 Å². The first-order valence-electron chi connectivity index (χ1n) is 3.48. The van der Waals surface area contributed by atoms with Crippen LogP contribution in [0, 0.1) is 13.8 Å². The maximum absolute atomic E-state index is 8.90. The van der Waals surface area contributed by atoms with Gasteiger partial charge in [0.05, 0.1) is 6.61 Å². The first-order valence-corrected chi connectivity index (χ1v) is 3.48. The molecule has 0 aliphatic rings. The van der Waals surface area contributed by atoms with Crippen LogP contribution in [-0.2, 0) is 6.61 Å². The van der Waals surface area contributed by atoms with Crippen LogP contribution in [0.3, 0.4) is 0 Å². The number of aryl methyl sites for hydroxylation is 1. The molecule has 0 radical (unpaired) electrons. The third-order valence-electron chi connectivity index (χ3n) is 1.91. The first kappa shape index (κ1) is 8.01. The van der Waals surface area contributed by atoms with Crippen molar-refractivity contribution in [1.29, 1.82) is 0 Å². The van der Waals surface area contributed by atoms with Crippen LogP contribution in [0.2, 0.25) is 0 Å². The van der Waals surface area contributed by atoms with Crippen LogP contribution in [0.1, 0.15) is 16.7 Å². The lowest BCUT2D eigenvalue weighted by molar-refractivity contribution is 0.281. The Labute approximate surface area is 65.9 Å². The maximum Gasteiger partial charge on any atom is 0.129 e. The molecule has 3 N–H and O–H groups in total. The molecule has 0 saturated carbocycles. The molecule has 0 atom stereocenters. The number of nitrogens with two attached hydrogens (primary N) is 1. The lowest BCUT2D eigenvalue weighted by Crippen LogP contribution is -2.01. The standard InChI is InChI=1S/C8H12N2O/c1-5-3-10-8(9)7(4-11)6(5)2/h3,11H,4H2,1-2H3,(H2,9,10). The molecular formula is C8H12N2O. The molecular weight excluding hydrogens is 140 g/mol. The number of hydrogen-bond donors (Lipinski definition) is 2. The Kier molecular flexibility index (Phi) is 2.10. The Hall–Kier alpha value is -1.09.